The standard InChI is InChI=1S/C12H15FN2/c13-12(6-7-12)8-14-11-5-4-9-2-1-3-10(9)15-11/h4-5H,1-3,6-8H2,(H,14,15). The van der Waals surface area contributed by atoms with Crippen molar-refractivity contribution in [1.29, 1.82) is 0 Å². The van der Waals surface area contributed by atoms with Crippen LogP contribution in [0.3, 0.4) is 0 Å². The Bertz CT molecular complexity index is 385. The maximum atomic E-state index is 13.4. The smallest absolute Gasteiger partial charge is 0.128 e. The van der Waals surface area contributed by atoms with Crippen molar-refractivity contribution < 1.29 is 4.39 Å². The third kappa shape index (κ3) is 1.83. The van der Waals surface area contributed by atoms with Crippen LogP contribution in [0.1, 0.15) is 30.5 Å². The number of rotatable bonds is 3. The minimum Gasteiger partial charge on any atom is -0.367 e. The van der Waals surface area contributed by atoms with E-state index in [1.165, 1.54) is 17.7 Å². The number of nitrogens with one attached hydrogen (secondary N) is 1. The van der Waals surface area contributed by atoms with Gasteiger partial charge >= 0.3 is 0 Å². The first-order valence-electron chi connectivity index (χ1n) is 5.67. The lowest BCUT2D eigenvalue weighted by Gasteiger charge is -2.09. The molecule has 1 fully saturated rings. The number of nitrogens with zero attached hydrogens (tertiary/aromatic N) is 1. The Balaban J connectivity index is 1.70. The van der Waals surface area contributed by atoms with Crippen molar-refractivity contribution >= 4 is 5.82 Å². The minimum absolute atomic E-state index is 0.415. The zero-order chi connectivity index (χ0) is 10.3. The van der Waals surface area contributed by atoms with E-state index in [4.69, 9.17) is 0 Å². The maximum Gasteiger partial charge on any atom is 0.128 e. The van der Waals surface area contributed by atoms with Gasteiger partial charge in [0.05, 0.1) is 6.54 Å². The molecule has 1 saturated carbocycles. The second kappa shape index (κ2) is 3.19. The molecule has 0 bridgehead atoms. The zero-order valence-corrected chi connectivity index (χ0v) is 8.72. The van der Waals surface area contributed by atoms with Gasteiger partial charge in [-0.15, -0.1) is 0 Å². The van der Waals surface area contributed by atoms with Crippen molar-refractivity contribution in [3.05, 3.63) is 23.4 Å². The Labute approximate surface area is 88.9 Å². The quantitative estimate of drug-likeness (QED) is 0.821. The number of hydrogen-bond acceptors (Lipinski definition) is 2. The summed E-state index contributed by atoms with van der Waals surface area (Å²) in [4.78, 5) is 4.51. The first kappa shape index (κ1) is 9.13. The van der Waals surface area contributed by atoms with E-state index in [0.717, 1.165) is 18.7 Å². The number of hydrogen-bond donors (Lipinski definition) is 1. The molecule has 0 aromatic carbocycles. The third-order valence-corrected chi connectivity index (χ3v) is 3.31. The monoisotopic (exact) mass is 206 g/mol. The minimum atomic E-state index is -0.944. The summed E-state index contributed by atoms with van der Waals surface area (Å²) >= 11 is 0. The molecule has 80 valence electrons. The molecular formula is C12H15FN2. The van der Waals surface area contributed by atoms with E-state index < -0.39 is 5.67 Å². The molecule has 0 aliphatic heterocycles. The molecule has 0 spiro atoms. The Hall–Kier alpha value is -1.12. The van der Waals surface area contributed by atoms with Gasteiger partial charge in [0.1, 0.15) is 11.5 Å². The van der Waals surface area contributed by atoms with Gasteiger partial charge < -0.3 is 5.32 Å². The summed E-state index contributed by atoms with van der Waals surface area (Å²) in [6.07, 6.45) is 4.83. The first-order chi connectivity index (χ1) is 7.25. The van der Waals surface area contributed by atoms with Crippen LogP contribution in [0.4, 0.5) is 10.2 Å². The predicted molar refractivity (Wildman–Crippen MR) is 57.8 cm³/mol. The lowest BCUT2D eigenvalue weighted by Crippen LogP contribution is -2.16. The van der Waals surface area contributed by atoms with Crippen molar-refractivity contribution in [3.63, 3.8) is 0 Å². The molecule has 0 amide bonds. The predicted octanol–water partition coefficient (Wildman–Crippen LogP) is 2.48. The Kier molecular flexibility index (Phi) is 1.94. The number of fused-ring (bicyclic) bond motifs is 1. The molecule has 0 unspecified atom stereocenters. The molecule has 1 aromatic rings. The fourth-order valence-electron chi connectivity index (χ4n) is 2.08. The topological polar surface area (TPSA) is 24.9 Å². The number of anilines is 1. The molecule has 0 atom stereocenters. The van der Waals surface area contributed by atoms with Crippen molar-refractivity contribution in [2.45, 2.75) is 37.8 Å². The lowest BCUT2D eigenvalue weighted by molar-refractivity contribution is 0.326. The molecule has 1 N–H and O–H groups in total. The van der Waals surface area contributed by atoms with Gasteiger partial charge in [0.15, 0.2) is 0 Å². The highest BCUT2D eigenvalue weighted by Gasteiger charge is 2.42. The van der Waals surface area contributed by atoms with Crippen LogP contribution in [0, 0.1) is 0 Å². The Morgan fingerprint density at radius 2 is 2.20 bits per heavy atom. The summed E-state index contributed by atoms with van der Waals surface area (Å²) in [5.74, 6) is 0.833. The summed E-state index contributed by atoms with van der Waals surface area (Å²) in [5.41, 5.74) is 1.62. The summed E-state index contributed by atoms with van der Waals surface area (Å²) in [5, 5.41) is 3.09. The van der Waals surface area contributed by atoms with Gasteiger partial charge in [-0.3, -0.25) is 0 Å². The highest BCUT2D eigenvalue weighted by molar-refractivity contribution is 5.41. The Morgan fingerprint density at radius 3 is 3.00 bits per heavy atom. The van der Waals surface area contributed by atoms with E-state index in [2.05, 4.69) is 16.4 Å². The molecule has 2 aliphatic rings. The van der Waals surface area contributed by atoms with Crippen LogP contribution < -0.4 is 5.32 Å². The van der Waals surface area contributed by atoms with Crippen LogP contribution in [-0.2, 0) is 12.8 Å². The molecule has 1 aromatic heterocycles. The second-order valence-corrected chi connectivity index (χ2v) is 4.66. The highest BCUT2D eigenvalue weighted by Crippen LogP contribution is 2.39. The van der Waals surface area contributed by atoms with Crippen molar-refractivity contribution in [2.75, 3.05) is 11.9 Å². The van der Waals surface area contributed by atoms with Gasteiger partial charge in [0, 0.05) is 5.69 Å². The van der Waals surface area contributed by atoms with Crippen LogP contribution in [-0.4, -0.2) is 17.2 Å². The summed E-state index contributed by atoms with van der Waals surface area (Å²) in [7, 11) is 0. The van der Waals surface area contributed by atoms with Crippen LogP contribution in [0.15, 0.2) is 12.1 Å². The van der Waals surface area contributed by atoms with E-state index in [1.54, 1.807) is 0 Å². The second-order valence-electron chi connectivity index (χ2n) is 4.66. The van der Waals surface area contributed by atoms with E-state index in [-0.39, 0.29) is 0 Å². The first-order valence-corrected chi connectivity index (χ1v) is 5.67. The third-order valence-electron chi connectivity index (χ3n) is 3.31. The Morgan fingerprint density at radius 1 is 1.33 bits per heavy atom. The number of aromatic nitrogens is 1. The average molecular weight is 206 g/mol. The van der Waals surface area contributed by atoms with E-state index in [9.17, 15) is 4.39 Å². The van der Waals surface area contributed by atoms with Gasteiger partial charge in [-0.2, -0.15) is 0 Å². The summed E-state index contributed by atoms with van der Waals surface area (Å²) in [6, 6.07) is 4.09. The number of halogens is 1. The van der Waals surface area contributed by atoms with Crippen LogP contribution in [0.25, 0.3) is 0 Å². The van der Waals surface area contributed by atoms with Gasteiger partial charge in [-0.05, 0) is 43.7 Å². The fraction of sp³-hybridized carbons (Fsp3) is 0.583. The van der Waals surface area contributed by atoms with Crippen LogP contribution in [0.2, 0.25) is 0 Å². The molecule has 15 heavy (non-hydrogen) atoms. The van der Waals surface area contributed by atoms with Crippen molar-refractivity contribution in [1.82, 2.24) is 4.98 Å². The van der Waals surface area contributed by atoms with Gasteiger partial charge in [-0.1, -0.05) is 6.07 Å². The van der Waals surface area contributed by atoms with E-state index in [0.29, 0.717) is 19.4 Å². The molecule has 3 heteroatoms. The molecule has 3 rings (SSSR count). The normalized spacial score (nSPS) is 21.1. The van der Waals surface area contributed by atoms with Crippen LogP contribution in [0.5, 0.6) is 0 Å². The number of aryl methyl sites for hydroxylation is 2. The summed E-state index contributed by atoms with van der Waals surface area (Å²) in [6.45, 7) is 0.415. The lowest BCUT2D eigenvalue weighted by atomic mass is 10.2. The molecule has 2 aliphatic carbocycles. The molecule has 0 saturated heterocycles. The fourth-order valence-corrected chi connectivity index (χ4v) is 2.08. The van der Waals surface area contributed by atoms with Gasteiger partial charge in [-0.25, -0.2) is 9.37 Å². The maximum absolute atomic E-state index is 13.4. The SMILES string of the molecule is FC1(CNc2ccc3c(n2)CCC3)CC1. The molecule has 0 radical (unpaired) electrons. The van der Waals surface area contributed by atoms with E-state index >= 15 is 0 Å². The molecule has 2 nitrogen and oxygen atoms in total. The van der Waals surface area contributed by atoms with Gasteiger partial charge in [0.2, 0.25) is 0 Å². The number of pyridine rings is 1. The largest absolute Gasteiger partial charge is 0.367 e. The molecular weight excluding hydrogens is 191 g/mol. The highest BCUT2D eigenvalue weighted by atomic mass is 19.1. The molecule has 1 heterocycles. The average Bonchev–Trinajstić information content (AvgIpc) is 2.80. The number of alkyl halides is 1. The van der Waals surface area contributed by atoms with Gasteiger partial charge in [0.25, 0.3) is 0 Å². The zero-order valence-electron chi connectivity index (χ0n) is 8.72. The summed E-state index contributed by atoms with van der Waals surface area (Å²) < 4.78 is 13.4. The van der Waals surface area contributed by atoms with Crippen LogP contribution >= 0.6 is 0 Å². The van der Waals surface area contributed by atoms with E-state index in [1.807, 2.05) is 6.07 Å². The van der Waals surface area contributed by atoms with Crippen molar-refractivity contribution in [3.8, 4) is 0 Å². The van der Waals surface area contributed by atoms with Crippen molar-refractivity contribution in [2.24, 2.45) is 0 Å².